The van der Waals surface area contributed by atoms with E-state index in [0.717, 1.165) is 25.8 Å². The number of thioether (sulfide) groups is 1. The third-order valence-electron chi connectivity index (χ3n) is 3.45. The van der Waals surface area contributed by atoms with Gasteiger partial charge in [0.05, 0.1) is 13.0 Å². The van der Waals surface area contributed by atoms with Crippen molar-refractivity contribution in [3.05, 3.63) is 0 Å². The Balaban J connectivity index is 2.11. The molecule has 1 unspecified atom stereocenters. The Morgan fingerprint density at radius 3 is 2.86 bits per heavy atom. The molecule has 1 spiro atoms. The molecule has 0 amide bonds. The SMILES string of the molecule is COC(=O)C1CCNC12CCSCC2. The van der Waals surface area contributed by atoms with E-state index in [9.17, 15) is 4.79 Å². The lowest BCUT2D eigenvalue weighted by molar-refractivity contribution is -0.147. The van der Waals surface area contributed by atoms with Crippen LogP contribution in [0.2, 0.25) is 0 Å². The highest BCUT2D eigenvalue weighted by Crippen LogP contribution is 2.38. The molecular weight excluding hydrogens is 198 g/mol. The molecule has 1 atom stereocenters. The molecule has 14 heavy (non-hydrogen) atoms. The van der Waals surface area contributed by atoms with Gasteiger partial charge >= 0.3 is 5.97 Å². The molecule has 2 heterocycles. The van der Waals surface area contributed by atoms with Gasteiger partial charge in [-0.15, -0.1) is 0 Å². The zero-order chi connectivity index (χ0) is 10.0. The second-order valence-electron chi connectivity index (χ2n) is 4.06. The lowest BCUT2D eigenvalue weighted by Gasteiger charge is -2.37. The number of rotatable bonds is 1. The topological polar surface area (TPSA) is 38.3 Å². The van der Waals surface area contributed by atoms with Gasteiger partial charge in [-0.25, -0.2) is 0 Å². The fraction of sp³-hybridized carbons (Fsp3) is 0.900. The van der Waals surface area contributed by atoms with Gasteiger partial charge in [-0.05, 0) is 37.3 Å². The van der Waals surface area contributed by atoms with Gasteiger partial charge in [0.15, 0.2) is 0 Å². The number of hydrogen-bond donors (Lipinski definition) is 1. The predicted octanol–water partition coefficient (Wildman–Crippen LogP) is 1.03. The first kappa shape index (κ1) is 10.3. The maximum atomic E-state index is 11.6. The molecule has 2 saturated heterocycles. The van der Waals surface area contributed by atoms with E-state index in [0.29, 0.717) is 0 Å². The van der Waals surface area contributed by atoms with Crippen LogP contribution >= 0.6 is 11.8 Å². The van der Waals surface area contributed by atoms with Crippen molar-refractivity contribution in [2.75, 3.05) is 25.2 Å². The zero-order valence-electron chi connectivity index (χ0n) is 8.54. The predicted molar refractivity (Wildman–Crippen MR) is 57.4 cm³/mol. The summed E-state index contributed by atoms with van der Waals surface area (Å²) in [5.41, 5.74) is 0.0678. The van der Waals surface area contributed by atoms with Gasteiger partial charge in [-0.3, -0.25) is 4.79 Å². The molecule has 80 valence electrons. The minimum absolute atomic E-state index is 0.0260. The molecule has 0 aromatic carbocycles. The number of hydrogen-bond acceptors (Lipinski definition) is 4. The molecule has 0 saturated carbocycles. The molecule has 4 heteroatoms. The molecular formula is C10H17NO2S. The number of carbonyl (C=O) groups is 1. The summed E-state index contributed by atoms with van der Waals surface area (Å²) in [4.78, 5) is 11.6. The number of ether oxygens (including phenoxy) is 1. The molecule has 0 aromatic heterocycles. The van der Waals surface area contributed by atoms with E-state index >= 15 is 0 Å². The molecule has 1 N–H and O–H groups in total. The van der Waals surface area contributed by atoms with Crippen LogP contribution in [0.5, 0.6) is 0 Å². The van der Waals surface area contributed by atoms with Gasteiger partial charge in [-0.2, -0.15) is 11.8 Å². The minimum Gasteiger partial charge on any atom is -0.469 e. The number of methoxy groups -OCH3 is 1. The number of esters is 1. The number of nitrogens with one attached hydrogen (secondary N) is 1. The standard InChI is InChI=1S/C10H17NO2S/c1-13-9(12)8-2-5-11-10(8)3-6-14-7-4-10/h8,11H,2-7H2,1H3. The van der Waals surface area contributed by atoms with Crippen LogP contribution in [0.3, 0.4) is 0 Å². The normalized spacial score (nSPS) is 30.5. The smallest absolute Gasteiger partial charge is 0.310 e. The monoisotopic (exact) mass is 215 g/mol. The van der Waals surface area contributed by atoms with Crippen molar-refractivity contribution in [1.82, 2.24) is 5.32 Å². The van der Waals surface area contributed by atoms with E-state index in [2.05, 4.69) is 5.32 Å². The zero-order valence-corrected chi connectivity index (χ0v) is 9.36. The maximum absolute atomic E-state index is 11.6. The van der Waals surface area contributed by atoms with E-state index in [1.165, 1.54) is 18.6 Å². The first-order chi connectivity index (χ1) is 6.78. The summed E-state index contributed by atoms with van der Waals surface area (Å²) in [7, 11) is 1.49. The summed E-state index contributed by atoms with van der Waals surface area (Å²) in [6.45, 7) is 0.963. The van der Waals surface area contributed by atoms with Crippen molar-refractivity contribution in [2.45, 2.75) is 24.8 Å². The van der Waals surface area contributed by atoms with Crippen LogP contribution in [0.25, 0.3) is 0 Å². The first-order valence-electron chi connectivity index (χ1n) is 5.19. The average molecular weight is 215 g/mol. The summed E-state index contributed by atoms with van der Waals surface area (Å²) in [6, 6.07) is 0. The second-order valence-corrected chi connectivity index (χ2v) is 5.28. The van der Waals surface area contributed by atoms with Crippen molar-refractivity contribution in [3.8, 4) is 0 Å². The molecule has 2 aliphatic heterocycles. The van der Waals surface area contributed by atoms with Gasteiger partial charge < -0.3 is 10.1 Å². The van der Waals surface area contributed by atoms with E-state index in [1.807, 2.05) is 11.8 Å². The van der Waals surface area contributed by atoms with E-state index in [4.69, 9.17) is 4.74 Å². The molecule has 0 radical (unpaired) electrons. The highest BCUT2D eigenvalue weighted by molar-refractivity contribution is 7.99. The Labute approximate surface area is 89.0 Å². The minimum atomic E-state index is -0.0260. The molecule has 0 aromatic rings. The van der Waals surface area contributed by atoms with E-state index in [1.54, 1.807) is 0 Å². The molecule has 0 aliphatic carbocycles. The van der Waals surface area contributed by atoms with Crippen molar-refractivity contribution in [3.63, 3.8) is 0 Å². The van der Waals surface area contributed by atoms with Gasteiger partial charge in [0.1, 0.15) is 0 Å². The fourth-order valence-electron chi connectivity index (χ4n) is 2.61. The van der Waals surface area contributed by atoms with Crippen LogP contribution in [-0.2, 0) is 9.53 Å². The van der Waals surface area contributed by atoms with Crippen molar-refractivity contribution in [2.24, 2.45) is 5.92 Å². The van der Waals surface area contributed by atoms with Crippen LogP contribution < -0.4 is 5.32 Å². The largest absolute Gasteiger partial charge is 0.469 e. The van der Waals surface area contributed by atoms with E-state index in [-0.39, 0.29) is 17.4 Å². The second kappa shape index (κ2) is 4.11. The van der Waals surface area contributed by atoms with Gasteiger partial charge in [0.2, 0.25) is 0 Å². The van der Waals surface area contributed by atoms with Crippen molar-refractivity contribution >= 4 is 17.7 Å². The Kier molecular flexibility index (Phi) is 3.02. The van der Waals surface area contributed by atoms with Crippen LogP contribution in [0.1, 0.15) is 19.3 Å². The lowest BCUT2D eigenvalue weighted by Crippen LogP contribution is -2.50. The Hall–Kier alpha value is -0.220. The van der Waals surface area contributed by atoms with Crippen LogP contribution in [0, 0.1) is 5.92 Å². The Morgan fingerprint density at radius 2 is 2.21 bits per heavy atom. The van der Waals surface area contributed by atoms with Crippen molar-refractivity contribution in [1.29, 1.82) is 0 Å². The molecule has 3 nitrogen and oxygen atoms in total. The fourth-order valence-corrected chi connectivity index (χ4v) is 3.83. The summed E-state index contributed by atoms with van der Waals surface area (Å²) < 4.78 is 4.88. The lowest BCUT2D eigenvalue weighted by atomic mass is 9.80. The number of carbonyl (C=O) groups excluding carboxylic acids is 1. The summed E-state index contributed by atoms with van der Waals surface area (Å²) in [5, 5.41) is 3.52. The van der Waals surface area contributed by atoms with Crippen LogP contribution in [0.15, 0.2) is 0 Å². The molecule has 0 bridgehead atoms. The molecule has 2 aliphatic rings. The van der Waals surface area contributed by atoms with E-state index < -0.39 is 0 Å². The molecule has 2 rings (SSSR count). The maximum Gasteiger partial charge on any atom is 0.310 e. The van der Waals surface area contributed by atoms with Gasteiger partial charge in [-0.1, -0.05) is 0 Å². The quantitative estimate of drug-likeness (QED) is 0.663. The van der Waals surface area contributed by atoms with Gasteiger partial charge in [0.25, 0.3) is 0 Å². The average Bonchev–Trinajstić information content (AvgIpc) is 2.62. The molecule has 2 fully saturated rings. The third-order valence-corrected chi connectivity index (χ3v) is 4.43. The summed E-state index contributed by atoms with van der Waals surface area (Å²) >= 11 is 1.98. The van der Waals surface area contributed by atoms with Gasteiger partial charge in [0, 0.05) is 5.54 Å². The Bertz CT molecular complexity index is 226. The highest BCUT2D eigenvalue weighted by Gasteiger charge is 2.47. The Morgan fingerprint density at radius 1 is 1.50 bits per heavy atom. The summed E-state index contributed by atoms with van der Waals surface area (Å²) in [5.74, 6) is 2.40. The van der Waals surface area contributed by atoms with Crippen LogP contribution in [-0.4, -0.2) is 36.7 Å². The summed E-state index contributed by atoms with van der Waals surface area (Å²) in [6.07, 6.45) is 3.16. The third kappa shape index (κ3) is 1.65. The van der Waals surface area contributed by atoms with Crippen molar-refractivity contribution < 1.29 is 9.53 Å². The van der Waals surface area contributed by atoms with Crippen LogP contribution in [0.4, 0.5) is 0 Å². The first-order valence-corrected chi connectivity index (χ1v) is 6.34. The highest BCUT2D eigenvalue weighted by atomic mass is 32.2.